The number of ether oxygens (including phenoxy) is 2. The monoisotopic (exact) mass is 253 g/mol. The van der Waals surface area contributed by atoms with E-state index in [0.717, 1.165) is 41.6 Å². The second-order valence-electron chi connectivity index (χ2n) is 4.61. The molecule has 92 valence electrons. The highest BCUT2D eigenvalue weighted by Crippen LogP contribution is 2.44. The lowest BCUT2D eigenvalue weighted by molar-refractivity contribution is 0.169. The third kappa shape index (κ3) is 1.87. The minimum Gasteiger partial charge on any atom is -0.486 e. The summed E-state index contributed by atoms with van der Waals surface area (Å²) in [6.45, 7) is 5.35. The number of halogens is 1. The Balaban J connectivity index is 2.12. The van der Waals surface area contributed by atoms with Gasteiger partial charge in [0.05, 0.1) is 0 Å². The van der Waals surface area contributed by atoms with E-state index in [2.05, 4.69) is 12.2 Å². The molecule has 1 aromatic carbocycles. The van der Waals surface area contributed by atoms with E-state index in [0.29, 0.717) is 19.1 Å². The van der Waals surface area contributed by atoms with Gasteiger partial charge in [-0.3, -0.25) is 0 Å². The van der Waals surface area contributed by atoms with E-state index in [4.69, 9.17) is 21.1 Å². The maximum absolute atomic E-state index is 6.27. The minimum atomic E-state index is 0.490. The van der Waals surface area contributed by atoms with E-state index in [1.54, 1.807) is 0 Å². The number of fused-ring (bicyclic) bond motifs is 1. The standard InChI is InChI=1S/C13H16ClNO2/c1-8-10(14)6-11-13(17-5-4-16-11)12(8)9-2-3-15-7-9/h6,9,15H,2-5,7H2,1H3. The van der Waals surface area contributed by atoms with Crippen molar-refractivity contribution in [2.75, 3.05) is 26.3 Å². The molecule has 0 bridgehead atoms. The first-order chi connectivity index (χ1) is 8.27. The minimum absolute atomic E-state index is 0.490. The maximum Gasteiger partial charge on any atom is 0.165 e. The fourth-order valence-corrected chi connectivity index (χ4v) is 2.87. The molecule has 1 unspecified atom stereocenters. The first-order valence-electron chi connectivity index (χ1n) is 6.06. The number of benzene rings is 1. The summed E-state index contributed by atoms with van der Waals surface area (Å²) in [7, 11) is 0. The van der Waals surface area contributed by atoms with Gasteiger partial charge in [-0.2, -0.15) is 0 Å². The Morgan fingerprint density at radius 3 is 2.94 bits per heavy atom. The highest BCUT2D eigenvalue weighted by atomic mass is 35.5. The van der Waals surface area contributed by atoms with Crippen molar-refractivity contribution in [2.45, 2.75) is 19.3 Å². The van der Waals surface area contributed by atoms with Crippen molar-refractivity contribution >= 4 is 11.6 Å². The topological polar surface area (TPSA) is 30.5 Å². The third-order valence-electron chi connectivity index (χ3n) is 3.54. The number of rotatable bonds is 1. The molecule has 0 aromatic heterocycles. The van der Waals surface area contributed by atoms with Gasteiger partial charge in [-0.05, 0) is 25.5 Å². The molecule has 2 heterocycles. The van der Waals surface area contributed by atoms with Crippen LogP contribution in [0.25, 0.3) is 0 Å². The zero-order chi connectivity index (χ0) is 11.8. The van der Waals surface area contributed by atoms with Crippen molar-refractivity contribution in [1.29, 1.82) is 0 Å². The van der Waals surface area contributed by atoms with Gasteiger partial charge < -0.3 is 14.8 Å². The molecule has 2 aliphatic rings. The van der Waals surface area contributed by atoms with Crippen LogP contribution in [0.4, 0.5) is 0 Å². The van der Waals surface area contributed by atoms with Crippen LogP contribution in [-0.2, 0) is 0 Å². The number of hydrogen-bond donors (Lipinski definition) is 1. The summed E-state index contributed by atoms with van der Waals surface area (Å²) in [6.07, 6.45) is 1.14. The Labute approximate surface area is 106 Å². The Bertz CT molecular complexity index is 442. The molecular weight excluding hydrogens is 238 g/mol. The van der Waals surface area contributed by atoms with E-state index in [1.165, 1.54) is 5.56 Å². The third-order valence-corrected chi connectivity index (χ3v) is 3.94. The highest BCUT2D eigenvalue weighted by Gasteiger charge is 2.27. The highest BCUT2D eigenvalue weighted by molar-refractivity contribution is 6.31. The summed E-state index contributed by atoms with van der Waals surface area (Å²) in [5.74, 6) is 2.20. The van der Waals surface area contributed by atoms with Gasteiger partial charge in [0, 0.05) is 29.1 Å². The molecule has 0 spiro atoms. The van der Waals surface area contributed by atoms with Crippen LogP contribution >= 0.6 is 11.6 Å². The molecular formula is C13H16ClNO2. The van der Waals surface area contributed by atoms with Crippen LogP contribution in [-0.4, -0.2) is 26.3 Å². The molecule has 1 aromatic rings. The van der Waals surface area contributed by atoms with Gasteiger partial charge >= 0.3 is 0 Å². The molecule has 3 nitrogen and oxygen atoms in total. The maximum atomic E-state index is 6.27. The molecule has 0 aliphatic carbocycles. The van der Waals surface area contributed by atoms with Gasteiger partial charge in [-0.25, -0.2) is 0 Å². The molecule has 0 radical (unpaired) electrons. The van der Waals surface area contributed by atoms with Gasteiger partial charge in [-0.15, -0.1) is 0 Å². The summed E-state index contributed by atoms with van der Waals surface area (Å²) in [4.78, 5) is 0. The number of nitrogens with one attached hydrogen (secondary N) is 1. The second kappa shape index (κ2) is 4.39. The number of hydrogen-bond acceptors (Lipinski definition) is 3. The summed E-state index contributed by atoms with van der Waals surface area (Å²) < 4.78 is 11.4. The van der Waals surface area contributed by atoms with Gasteiger partial charge in [-0.1, -0.05) is 11.6 Å². The summed E-state index contributed by atoms with van der Waals surface area (Å²) in [5, 5.41) is 4.16. The predicted octanol–water partition coefficient (Wildman–Crippen LogP) is 2.50. The van der Waals surface area contributed by atoms with Crippen LogP contribution in [0.2, 0.25) is 5.02 Å². The van der Waals surface area contributed by atoms with Crippen LogP contribution in [0.3, 0.4) is 0 Å². The zero-order valence-electron chi connectivity index (χ0n) is 9.88. The molecule has 1 fully saturated rings. The molecule has 3 rings (SSSR count). The van der Waals surface area contributed by atoms with Crippen molar-refractivity contribution in [1.82, 2.24) is 5.32 Å². The summed E-state index contributed by atoms with van der Waals surface area (Å²) in [5.41, 5.74) is 2.36. The van der Waals surface area contributed by atoms with Crippen molar-refractivity contribution in [3.05, 3.63) is 22.2 Å². The van der Waals surface area contributed by atoms with Gasteiger partial charge in [0.25, 0.3) is 0 Å². The quantitative estimate of drug-likeness (QED) is 0.834. The largest absolute Gasteiger partial charge is 0.486 e. The van der Waals surface area contributed by atoms with Crippen LogP contribution in [0.1, 0.15) is 23.5 Å². The molecule has 0 saturated carbocycles. The van der Waals surface area contributed by atoms with Crippen LogP contribution in [0.5, 0.6) is 11.5 Å². The lowest BCUT2D eigenvalue weighted by atomic mass is 9.92. The van der Waals surface area contributed by atoms with Gasteiger partial charge in [0.2, 0.25) is 0 Å². The van der Waals surface area contributed by atoms with Crippen molar-refractivity contribution in [2.24, 2.45) is 0 Å². The summed E-state index contributed by atoms with van der Waals surface area (Å²) in [6, 6.07) is 1.87. The van der Waals surface area contributed by atoms with Crippen molar-refractivity contribution in [3.8, 4) is 11.5 Å². The Morgan fingerprint density at radius 2 is 2.18 bits per heavy atom. The summed E-state index contributed by atoms with van der Waals surface area (Å²) >= 11 is 6.27. The molecule has 1 N–H and O–H groups in total. The van der Waals surface area contributed by atoms with E-state index in [1.807, 2.05) is 6.07 Å². The Morgan fingerprint density at radius 1 is 1.35 bits per heavy atom. The smallest absolute Gasteiger partial charge is 0.165 e. The normalized spacial score (nSPS) is 22.8. The fourth-order valence-electron chi connectivity index (χ4n) is 2.66. The second-order valence-corrected chi connectivity index (χ2v) is 5.02. The Kier molecular flexibility index (Phi) is 2.89. The molecule has 1 saturated heterocycles. The first-order valence-corrected chi connectivity index (χ1v) is 6.44. The van der Waals surface area contributed by atoms with Crippen molar-refractivity contribution < 1.29 is 9.47 Å². The van der Waals surface area contributed by atoms with Gasteiger partial charge in [0.15, 0.2) is 11.5 Å². The van der Waals surface area contributed by atoms with E-state index < -0.39 is 0 Å². The average Bonchev–Trinajstić information content (AvgIpc) is 2.84. The molecule has 1 atom stereocenters. The molecule has 4 heteroatoms. The molecule has 2 aliphatic heterocycles. The average molecular weight is 254 g/mol. The van der Waals surface area contributed by atoms with Crippen molar-refractivity contribution in [3.63, 3.8) is 0 Å². The van der Waals surface area contributed by atoms with Gasteiger partial charge in [0.1, 0.15) is 13.2 Å². The lowest BCUT2D eigenvalue weighted by Gasteiger charge is -2.25. The Hall–Kier alpha value is -0.930. The van der Waals surface area contributed by atoms with E-state index in [9.17, 15) is 0 Å². The zero-order valence-corrected chi connectivity index (χ0v) is 10.6. The SMILES string of the molecule is Cc1c(Cl)cc2c(c1C1CCNC1)OCCO2. The van der Waals surface area contributed by atoms with Crippen LogP contribution < -0.4 is 14.8 Å². The molecule has 17 heavy (non-hydrogen) atoms. The lowest BCUT2D eigenvalue weighted by Crippen LogP contribution is -2.19. The van der Waals surface area contributed by atoms with Crippen LogP contribution in [0, 0.1) is 6.92 Å². The predicted molar refractivity (Wildman–Crippen MR) is 67.4 cm³/mol. The van der Waals surface area contributed by atoms with E-state index >= 15 is 0 Å². The first kappa shape index (κ1) is 11.2. The fraction of sp³-hybridized carbons (Fsp3) is 0.538. The van der Waals surface area contributed by atoms with Crippen LogP contribution in [0.15, 0.2) is 6.07 Å². The van der Waals surface area contributed by atoms with E-state index in [-0.39, 0.29) is 0 Å². The molecule has 0 amide bonds.